The van der Waals surface area contributed by atoms with Gasteiger partial charge in [-0.3, -0.25) is 14.4 Å². The smallest absolute Gasteiger partial charge is 0.267 e. The first-order chi connectivity index (χ1) is 16.6. The maximum absolute atomic E-state index is 12.9. The molecule has 8 nitrogen and oxygen atoms in total. The fourth-order valence-electron chi connectivity index (χ4n) is 3.95. The zero-order valence-electron chi connectivity index (χ0n) is 18.3. The van der Waals surface area contributed by atoms with E-state index in [1.54, 1.807) is 46.2 Å². The van der Waals surface area contributed by atoms with E-state index in [9.17, 15) is 14.4 Å². The molecule has 0 saturated carbocycles. The van der Waals surface area contributed by atoms with Crippen LogP contribution >= 0.6 is 11.3 Å². The molecule has 1 N–H and O–H groups in total. The number of amides is 3. The van der Waals surface area contributed by atoms with Crippen LogP contribution in [0.1, 0.15) is 20.0 Å². The van der Waals surface area contributed by atoms with E-state index in [0.29, 0.717) is 53.8 Å². The van der Waals surface area contributed by atoms with Crippen LogP contribution in [-0.2, 0) is 4.79 Å². The Labute approximate surface area is 200 Å². The van der Waals surface area contributed by atoms with Gasteiger partial charge in [0.05, 0.1) is 4.88 Å². The lowest BCUT2D eigenvalue weighted by molar-refractivity contribution is -0.142. The van der Waals surface area contributed by atoms with Gasteiger partial charge in [-0.1, -0.05) is 18.2 Å². The number of fused-ring (bicyclic) bond motifs is 1. The second-order valence-corrected chi connectivity index (χ2v) is 8.94. The molecule has 5 rings (SSSR count). The molecule has 3 aromatic rings. The Bertz CT molecular complexity index is 1190. The minimum Gasteiger partial charge on any atom is -0.485 e. The van der Waals surface area contributed by atoms with Crippen molar-refractivity contribution in [3.63, 3.8) is 0 Å². The summed E-state index contributed by atoms with van der Waals surface area (Å²) in [4.78, 5) is 42.1. The first kappa shape index (κ1) is 22.0. The maximum Gasteiger partial charge on any atom is 0.267 e. The van der Waals surface area contributed by atoms with Gasteiger partial charge >= 0.3 is 0 Å². The Hall–Kier alpha value is -3.85. The Balaban J connectivity index is 1.14. The summed E-state index contributed by atoms with van der Waals surface area (Å²) in [5.41, 5.74) is 1.16. The number of nitrogens with one attached hydrogen (secondary N) is 1. The minimum atomic E-state index is -0.686. The van der Waals surface area contributed by atoms with Gasteiger partial charge in [0.2, 0.25) is 6.10 Å². The summed E-state index contributed by atoms with van der Waals surface area (Å²) in [6, 6.07) is 17.7. The summed E-state index contributed by atoms with van der Waals surface area (Å²) in [7, 11) is 0. The third-order valence-corrected chi connectivity index (χ3v) is 6.67. The molecule has 174 valence electrons. The van der Waals surface area contributed by atoms with E-state index < -0.39 is 6.10 Å². The van der Waals surface area contributed by atoms with Crippen molar-refractivity contribution in [2.45, 2.75) is 6.10 Å². The number of benzene rings is 2. The minimum absolute atomic E-state index is 0.102. The molecule has 9 heteroatoms. The first-order valence-corrected chi connectivity index (χ1v) is 11.9. The zero-order valence-corrected chi connectivity index (χ0v) is 19.1. The highest BCUT2D eigenvalue weighted by atomic mass is 32.1. The van der Waals surface area contributed by atoms with Gasteiger partial charge in [-0.15, -0.1) is 11.3 Å². The molecule has 0 bridgehead atoms. The maximum atomic E-state index is 12.9. The van der Waals surface area contributed by atoms with Crippen LogP contribution in [0.25, 0.3) is 0 Å². The van der Waals surface area contributed by atoms with E-state index in [1.165, 1.54) is 11.3 Å². The Kier molecular flexibility index (Phi) is 6.18. The molecule has 0 spiro atoms. The molecule has 0 radical (unpaired) electrons. The van der Waals surface area contributed by atoms with E-state index in [2.05, 4.69) is 5.32 Å². The van der Waals surface area contributed by atoms with Gasteiger partial charge in [-0.25, -0.2) is 0 Å². The van der Waals surface area contributed by atoms with Crippen molar-refractivity contribution in [1.29, 1.82) is 0 Å². The van der Waals surface area contributed by atoms with Gasteiger partial charge in [0.15, 0.2) is 11.5 Å². The van der Waals surface area contributed by atoms with E-state index in [0.717, 1.165) is 0 Å². The molecule has 2 aliphatic heterocycles. The Morgan fingerprint density at radius 3 is 2.26 bits per heavy atom. The zero-order chi connectivity index (χ0) is 23.5. The van der Waals surface area contributed by atoms with Crippen molar-refractivity contribution in [2.75, 3.05) is 38.1 Å². The highest BCUT2D eigenvalue weighted by molar-refractivity contribution is 7.12. The number of nitrogens with zero attached hydrogens (tertiary/aromatic N) is 2. The SMILES string of the molecule is O=C(Nc1ccc(C(=O)N2CCN(C(=O)C3COc4ccccc4O3)CC2)cc1)c1cccs1. The number of ether oxygens (including phenoxy) is 2. The van der Waals surface area contributed by atoms with Crippen LogP contribution in [0.4, 0.5) is 5.69 Å². The predicted molar refractivity (Wildman–Crippen MR) is 128 cm³/mol. The van der Waals surface area contributed by atoms with Crippen molar-refractivity contribution in [1.82, 2.24) is 9.80 Å². The van der Waals surface area contributed by atoms with Crippen LogP contribution in [0.5, 0.6) is 11.5 Å². The molecule has 1 aromatic heterocycles. The van der Waals surface area contributed by atoms with Crippen molar-refractivity contribution in [3.05, 3.63) is 76.5 Å². The van der Waals surface area contributed by atoms with Crippen molar-refractivity contribution < 1.29 is 23.9 Å². The number of para-hydroxylation sites is 2. The number of carbonyl (C=O) groups excluding carboxylic acids is 3. The topological polar surface area (TPSA) is 88.2 Å². The third kappa shape index (κ3) is 4.60. The second-order valence-electron chi connectivity index (χ2n) is 7.99. The number of piperazine rings is 1. The second kappa shape index (κ2) is 9.56. The average Bonchev–Trinajstić information content (AvgIpc) is 3.43. The average molecular weight is 478 g/mol. The molecular weight excluding hydrogens is 454 g/mol. The molecule has 3 heterocycles. The summed E-state index contributed by atoms with van der Waals surface area (Å²) in [5.74, 6) is 0.794. The van der Waals surface area contributed by atoms with Crippen LogP contribution in [0.3, 0.4) is 0 Å². The molecule has 2 aromatic carbocycles. The van der Waals surface area contributed by atoms with Crippen molar-refractivity contribution in [3.8, 4) is 11.5 Å². The number of rotatable bonds is 4. The molecule has 1 saturated heterocycles. The highest BCUT2D eigenvalue weighted by Crippen LogP contribution is 2.31. The van der Waals surface area contributed by atoms with Crippen LogP contribution in [-0.4, -0.2) is 66.4 Å². The van der Waals surface area contributed by atoms with Crippen molar-refractivity contribution >= 4 is 34.7 Å². The summed E-state index contributed by atoms with van der Waals surface area (Å²) in [6.45, 7) is 1.91. The molecule has 1 fully saturated rings. The molecule has 2 aliphatic rings. The summed E-state index contributed by atoms with van der Waals surface area (Å²) in [5, 5.41) is 4.67. The molecule has 1 unspecified atom stereocenters. The van der Waals surface area contributed by atoms with Crippen LogP contribution < -0.4 is 14.8 Å². The summed E-state index contributed by atoms with van der Waals surface area (Å²) in [6.07, 6.45) is -0.686. The molecule has 1 atom stereocenters. The monoisotopic (exact) mass is 477 g/mol. The molecule has 34 heavy (non-hydrogen) atoms. The summed E-state index contributed by atoms with van der Waals surface area (Å²) < 4.78 is 11.5. The van der Waals surface area contributed by atoms with Gasteiger partial charge in [0.1, 0.15) is 6.61 Å². The predicted octanol–water partition coefficient (Wildman–Crippen LogP) is 3.12. The first-order valence-electron chi connectivity index (χ1n) is 11.0. The number of carbonyl (C=O) groups is 3. The molecule has 0 aliphatic carbocycles. The van der Waals surface area contributed by atoms with Crippen LogP contribution in [0.2, 0.25) is 0 Å². The third-order valence-electron chi connectivity index (χ3n) is 5.80. The van der Waals surface area contributed by atoms with Crippen LogP contribution in [0, 0.1) is 0 Å². The highest BCUT2D eigenvalue weighted by Gasteiger charge is 2.33. The number of hydrogen-bond donors (Lipinski definition) is 1. The van der Waals surface area contributed by atoms with Gasteiger partial charge in [-0.05, 0) is 47.8 Å². The number of thiophene rings is 1. The largest absolute Gasteiger partial charge is 0.485 e. The quantitative estimate of drug-likeness (QED) is 0.624. The molecule has 3 amide bonds. The van der Waals surface area contributed by atoms with Gasteiger partial charge < -0.3 is 24.6 Å². The van der Waals surface area contributed by atoms with E-state index >= 15 is 0 Å². The lowest BCUT2D eigenvalue weighted by Gasteiger charge is -2.37. The Morgan fingerprint density at radius 2 is 1.56 bits per heavy atom. The number of anilines is 1. The standard InChI is InChI=1S/C25H23N3O5S/c29-23(22-6-3-15-34-22)26-18-9-7-17(8-10-18)24(30)27-11-13-28(14-12-27)25(31)21-16-32-19-4-1-2-5-20(19)33-21/h1-10,15,21H,11-14,16H2,(H,26,29). The lowest BCUT2D eigenvalue weighted by Crippen LogP contribution is -2.55. The number of hydrogen-bond acceptors (Lipinski definition) is 6. The van der Waals surface area contributed by atoms with E-state index in [-0.39, 0.29) is 24.3 Å². The van der Waals surface area contributed by atoms with E-state index in [4.69, 9.17) is 9.47 Å². The van der Waals surface area contributed by atoms with Crippen LogP contribution in [0.15, 0.2) is 66.0 Å². The van der Waals surface area contributed by atoms with Gasteiger partial charge in [0.25, 0.3) is 17.7 Å². The van der Waals surface area contributed by atoms with E-state index in [1.807, 2.05) is 29.6 Å². The normalized spacial score (nSPS) is 17.2. The van der Waals surface area contributed by atoms with Gasteiger partial charge in [-0.2, -0.15) is 0 Å². The van der Waals surface area contributed by atoms with Gasteiger partial charge in [0, 0.05) is 37.4 Å². The Morgan fingerprint density at radius 1 is 0.853 bits per heavy atom. The lowest BCUT2D eigenvalue weighted by atomic mass is 10.1. The van der Waals surface area contributed by atoms with Crippen molar-refractivity contribution in [2.24, 2.45) is 0 Å². The fourth-order valence-corrected chi connectivity index (χ4v) is 4.57. The molecular formula is C25H23N3O5S. The fraction of sp³-hybridized carbons (Fsp3) is 0.240. The summed E-state index contributed by atoms with van der Waals surface area (Å²) >= 11 is 1.37.